The van der Waals surface area contributed by atoms with Gasteiger partial charge < -0.3 is 10.1 Å². The predicted molar refractivity (Wildman–Crippen MR) is 117 cm³/mol. The highest BCUT2D eigenvalue weighted by Crippen LogP contribution is 2.28. The molecule has 1 amide bonds. The smallest absolute Gasteiger partial charge is 0.241 e. The van der Waals surface area contributed by atoms with Gasteiger partial charge >= 0.3 is 0 Å². The highest BCUT2D eigenvalue weighted by atomic mass is 32.2. The number of ether oxygens (including phenoxy) is 1. The molecular weight excluding hydrogens is 388 g/mol. The summed E-state index contributed by atoms with van der Waals surface area (Å²) < 4.78 is 31.6. The van der Waals surface area contributed by atoms with E-state index in [0.717, 1.165) is 27.4 Å². The summed E-state index contributed by atoms with van der Waals surface area (Å²) in [7, 11) is -3.62. The van der Waals surface area contributed by atoms with Gasteiger partial charge in [0.25, 0.3) is 0 Å². The van der Waals surface area contributed by atoms with Crippen LogP contribution in [0.15, 0.2) is 48.5 Å². The quantitative estimate of drug-likeness (QED) is 0.677. The van der Waals surface area contributed by atoms with Crippen LogP contribution in [0.5, 0.6) is 5.75 Å². The number of carbonyl (C=O) groups excluding carboxylic acids is 1. The monoisotopic (exact) mass is 418 g/mol. The van der Waals surface area contributed by atoms with Crippen LogP contribution in [0.2, 0.25) is 0 Å². The molecule has 6 nitrogen and oxygen atoms in total. The standard InChI is InChI=1S/C22H30N2O4S/c1-16(2)20-8-6-7-9-21(20)24(29(5,26)27)14-22(25)23-18(4)15-28-19-12-10-17(3)11-13-19/h6-13,16,18H,14-15H2,1-5H3,(H,23,25). The lowest BCUT2D eigenvalue weighted by atomic mass is 10.0. The van der Waals surface area contributed by atoms with Crippen LogP contribution < -0.4 is 14.4 Å². The molecule has 1 unspecified atom stereocenters. The van der Waals surface area contributed by atoms with Gasteiger partial charge in [0, 0.05) is 0 Å². The van der Waals surface area contributed by atoms with Gasteiger partial charge in [0.15, 0.2) is 0 Å². The SMILES string of the molecule is Cc1ccc(OCC(C)NC(=O)CN(c2ccccc2C(C)C)S(C)(=O)=O)cc1. The number of amides is 1. The first-order valence-electron chi connectivity index (χ1n) is 9.63. The van der Waals surface area contributed by atoms with Gasteiger partial charge in [0.2, 0.25) is 15.9 Å². The Morgan fingerprint density at radius 1 is 1.07 bits per heavy atom. The van der Waals surface area contributed by atoms with Crippen molar-refractivity contribution in [3.8, 4) is 5.75 Å². The highest BCUT2D eigenvalue weighted by molar-refractivity contribution is 7.92. The summed E-state index contributed by atoms with van der Waals surface area (Å²) in [5, 5.41) is 2.81. The molecule has 0 aliphatic rings. The molecule has 0 bridgehead atoms. The zero-order valence-electron chi connectivity index (χ0n) is 17.7. The van der Waals surface area contributed by atoms with Crippen molar-refractivity contribution in [3.05, 3.63) is 59.7 Å². The number of carbonyl (C=O) groups is 1. The largest absolute Gasteiger partial charge is 0.491 e. The molecule has 0 saturated heterocycles. The second-order valence-electron chi connectivity index (χ2n) is 7.58. The minimum atomic E-state index is -3.62. The Balaban J connectivity index is 2.04. The summed E-state index contributed by atoms with van der Waals surface area (Å²) in [4.78, 5) is 12.5. The normalized spacial score (nSPS) is 12.5. The maximum atomic E-state index is 12.5. The zero-order valence-corrected chi connectivity index (χ0v) is 18.5. The van der Waals surface area contributed by atoms with Crippen molar-refractivity contribution in [3.63, 3.8) is 0 Å². The van der Waals surface area contributed by atoms with Crippen molar-refractivity contribution in [1.29, 1.82) is 0 Å². The van der Waals surface area contributed by atoms with Crippen LogP contribution in [0.3, 0.4) is 0 Å². The number of benzene rings is 2. The Hall–Kier alpha value is -2.54. The number of hydrogen-bond acceptors (Lipinski definition) is 4. The molecule has 1 N–H and O–H groups in total. The Kier molecular flexibility index (Phi) is 7.67. The van der Waals surface area contributed by atoms with Gasteiger partial charge in [-0.25, -0.2) is 8.42 Å². The fourth-order valence-electron chi connectivity index (χ4n) is 2.93. The van der Waals surface area contributed by atoms with E-state index in [0.29, 0.717) is 5.69 Å². The Morgan fingerprint density at radius 3 is 2.28 bits per heavy atom. The number of para-hydroxylation sites is 1. The summed E-state index contributed by atoms with van der Waals surface area (Å²) in [5.74, 6) is 0.467. The molecule has 0 fully saturated rings. The number of aryl methyl sites for hydroxylation is 1. The number of hydrogen-bond donors (Lipinski definition) is 1. The minimum Gasteiger partial charge on any atom is -0.491 e. The lowest BCUT2D eigenvalue weighted by Crippen LogP contribution is -2.45. The van der Waals surface area contributed by atoms with Crippen LogP contribution in [0.25, 0.3) is 0 Å². The molecule has 2 rings (SSSR count). The second kappa shape index (κ2) is 9.78. The van der Waals surface area contributed by atoms with Crippen molar-refractivity contribution >= 4 is 21.6 Å². The lowest BCUT2D eigenvalue weighted by molar-refractivity contribution is -0.120. The Morgan fingerprint density at radius 2 is 1.69 bits per heavy atom. The number of nitrogens with zero attached hydrogens (tertiary/aromatic N) is 1. The van der Waals surface area contributed by atoms with Crippen molar-refractivity contribution in [1.82, 2.24) is 5.32 Å². The third kappa shape index (κ3) is 6.78. The predicted octanol–water partition coefficient (Wildman–Crippen LogP) is 3.47. The molecule has 29 heavy (non-hydrogen) atoms. The summed E-state index contributed by atoms with van der Waals surface area (Å²) in [6, 6.07) is 14.6. The topological polar surface area (TPSA) is 75.7 Å². The van der Waals surface area contributed by atoms with Crippen LogP contribution in [0, 0.1) is 6.92 Å². The first-order valence-corrected chi connectivity index (χ1v) is 11.5. The van der Waals surface area contributed by atoms with Gasteiger partial charge in [-0.05, 0) is 43.5 Å². The molecule has 0 aliphatic heterocycles. The van der Waals surface area contributed by atoms with E-state index in [1.807, 2.05) is 64.1 Å². The first kappa shape index (κ1) is 22.7. The molecule has 2 aromatic rings. The third-order valence-corrected chi connectivity index (χ3v) is 5.57. The maximum absolute atomic E-state index is 12.5. The fourth-order valence-corrected chi connectivity index (χ4v) is 3.81. The molecule has 2 aromatic carbocycles. The zero-order chi connectivity index (χ0) is 21.6. The number of nitrogens with one attached hydrogen (secondary N) is 1. The van der Waals surface area contributed by atoms with Crippen LogP contribution in [-0.2, 0) is 14.8 Å². The molecular formula is C22H30N2O4S. The average molecular weight is 419 g/mol. The fraction of sp³-hybridized carbons (Fsp3) is 0.409. The summed E-state index contributed by atoms with van der Waals surface area (Å²) in [6.45, 7) is 7.80. The second-order valence-corrected chi connectivity index (χ2v) is 9.48. The van der Waals surface area contributed by atoms with E-state index in [2.05, 4.69) is 5.32 Å². The molecule has 0 spiro atoms. The highest BCUT2D eigenvalue weighted by Gasteiger charge is 2.24. The van der Waals surface area contributed by atoms with E-state index in [4.69, 9.17) is 4.74 Å². The van der Waals surface area contributed by atoms with Gasteiger partial charge in [-0.3, -0.25) is 9.10 Å². The van der Waals surface area contributed by atoms with Crippen LogP contribution in [0.1, 0.15) is 37.8 Å². The average Bonchev–Trinajstić information content (AvgIpc) is 2.64. The Labute approximate surface area is 173 Å². The van der Waals surface area contributed by atoms with E-state index in [9.17, 15) is 13.2 Å². The summed E-state index contributed by atoms with van der Waals surface area (Å²) in [6.07, 6.45) is 1.11. The van der Waals surface area contributed by atoms with Crippen molar-refractivity contribution < 1.29 is 17.9 Å². The number of rotatable bonds is 9. The van der Waals surface area contributed by atoms with Crippen LogP contribution in [0.4, 0.5) is 5.69 Å². The molecule has 0 aliphatic carbocycles. The van der Waals surface area contributed by atoms with E-state index < -0.39 is 10.0 Å². The summed E-state index contributed by atoms with van der Waals surface area (Å²) in [5.41, 5.74) is 2.55. The van der Waals surface area contributed by atoms with E-state index in [1.54, 1.807) is 12.1 Å². The van der Waals surface area contributed by atoms with Crippen LogP contribution >= 0.6 is 0 Å². The van der Waals surface area contributed by atoms with E-state index in [-0.39, 0.29) is 31.0 Å². The number of anilines is 1. The molecule has 158 valence electrons. The number of sulfonamides is 1. The lowest BCUT2D eigenvalue weighted by Gasteiger charge is -2.26. The van der Waals surface area contributed by atoms with Gasteiger partial charge in [-0.2, -0.15) is 0 Å². The van der Waals surface area contributed by atoms with Crippen molar-refractivity contribution in [2.75, 3.05) is 23.7 Å². The molecule has 0 heterocycles. The molecule has 7 heteroatoms. The Bertz CT molecular complexity index is 924. The maximum Gasteiger partial charge on any atom is 0.241 e. The first-order chi connectivity index (χ1) is 13.6. The van der Waals surface area contributed by atoms with E-state index >= 15 is 0 Å². The molecule has 0 saturated carbocycles. The molecule has 0 radical (unpaired) electrons. The van der Waals surface area contributed by atoms with Gasteiger partial charge in [0.05, 0.1) is 18.0 Å². The minimum absolute atomic E-state index is 0.125. The van der Waals surface area contributed by atoms with Crippen molar-refractivity contribution in [2.24, 2.45) is 0 Å². The van der Waals surface area contributed by atoms with Crippen molar-refractivity contribution in [2.45, 2.75) is 39.7 Å². The van der Waals surface area contributed by atoms with Gasteiger partial charge in [-0.1, -0.05) is 49.7 Å². The van der Waals surface area contributed by atoms with Gasteiger partial charge in [0.1, 0.15) is 18.9 Å². The van der Waals surface area contributed by atoms with Gasteiger partial charge in [-0.15, -0.1) is 0 Å². The third-order valence-electron chi connectivity index (χ3n) is 4.44. The summed E-state index contributed by atoms with van der Waals surface area (Å²) >= 11 is 0. The molecule has 0 aromatic heterocycles. The van der Waals surface area contributed by atoms with E-state index in [1.165, 1.54) is 0 Å². The molecule has 1 atom stereocenters. The van der Waals surface area contributed by atoms with Crippen LogP contribution in [-0.4, -0.2) is 39.8 Å².